The van der Waals surface area contributed by atoms with Crippen molar-refractivity contribution >= 4 is 30.1 Å². The van der Waals surface area contributed by atoms with Crippen LogP contribution >= 0.6 is 12.4 Å². The van der Waals surface area contributed by atoms with E-state index in [9.17, 15) is 14.4 Å². The maximum Gasteiger partial charge on any atom is 0.229 e. The summed E-state index contributed by atoms with van der Waals surface area (Å²) in [6.45, 7) is 4.52. The van der Waals surface area contributed by atoms with Gasteiger partial charge in [-0.05, 0) is 6.92 Å². The number of nitrogens with zero attached hydrogens (tertiary/aromatic N) is 2. The van der Waals surface area contributed by atoms with Crippen LogP contribution in [0.2, 0.25) is 0 Å². The van der Waals surface area contributed by atoms with Crippen molar-refractivity contribution in [2.75, 3.05) is 26.2 Å². The summed E-state index contributed by atoms with van der Waals surface area (Å²) in [6.07, 6.45) is 0.815. The van der Waals surface area contributed by atoms with Crippen LogP contribution in [0.15, 0.2) is 0 Å². The predicted octanol–water partition coefficient (Wildman–Crippen LogP) is -0.232. The van der Waals surface area contributed by atoms with Crippen LogP contribution in [0.5, 0.6) is 0 Å². The van der Waals surface area contributed by atoms with Crippen molar-refractivity contribution in [2.45, 2.75) is 32.2 Å². The first kappa shape index (κ1) is 15.9. The van der Waals surface area contributed by atoms with E-state index in [0.717, 1.165) is 13.1 Å². The maximum atomic E-state index is 12.0. The molecule has 0 saturated carbocycles. The number of carbonyl (C=O) groups excluding carboxylic acids is 3. The molecule has 0 bridgehead atoms. The summed E-state index contributed by atoms with van der Waals surface area (Å²) in [5, 5.41) is 3.22. The second-order valence-electron chi connectivity index (χ2n) is 4.83. The number of carbonyl (C=O) groups is 3. The first-order valence-electron chi connectivity index (χ1n) is 6.43. The largest absolute Gasteiger partial charge is 0.337 e. The lowest BCUT2D eigenvalue weighted by Gasteiger charge is -2.34. The fourth-order valence-corrected chi connectivity index (χ4v) is 2.43. The van der Waals surface area contributed by atoms with E-state index in [2.05, 4.69) is 5.32 Å². The fourth-order valence-electron chi connectivity index (χ4n) is 2.43. The minimum absolute atomic E-state index is 0. The fraction of sp³-hybridized carbons (Fsp3) is 0.750. The molecule has 2 heterocycles. The van der Waals surface area contributed by atoms with Crippen molar-refractivity contribution in [1.29, 1.82) is 0 Å². The molecule has 0 aliphatic carbocycles. The topological polar surface area (TPSA) is 69.7 Å². The number of hydrogen-bond donors (Lipinski definition) is 1. The van der Waals surface area contributed by atoms with Gasteiger partial charge in [-0.15, -0.1) is 12.4 Å². The Morgan fingerprint density at radius 2 is 1.95 bits per heavy atom. The van der Waals surface area contributed by atoms with Gasteiger partial charge in [0.15, 0.2) is 0 Å². The molecule has 6 nitrogen and oxygen atoms in total. The van der Waals surface area contributed by atoms with Crippen LogP contribution in [0.3, 0.4) is 0 Å². The molecule has 1 unspecified atom stereocenters. The van der Waals surface area contributed by atoms with E-state index in [1.807, 2.05) is 11.8 Å². The number of piperazine rings is 1. The third-order valence-electron chi connectivity index (χ3n) is 3.53. The zero-order valence-corrected chi connectivity index (χ0v) is 11.9. The normalized spacial score (nSPS) is 23.5. The molecule has 1 atom stereocenters. The van der Waals surface area contributed by atoms with Crippen molar-refractivity contribution in [3.63, 3.8) is 0 Å². The van der Waals surface area contributed by atoms with E-state index in [-0.39, 0.29) is 62.0 Å². The highest BCUT2D eigenvalue weighted by molar-refractivity contribution is 6.02. The van der Waals surface area contributed by atoms with Gasteiger partial charge in [0.05, 0.1) is 0 Å². The number of nitrogens with one attached hydrogen (secondary N) is 1. The van der Waals surface area contributed by atoms with E-state index in [1.165, 1.54) is 4.90 Å². The summed E-state index contributed by atoms with van der Waals surface area (Å²) in [5.74, 6) is -0.279. The second-order valence-corrected chi connectivity index (χ2v) is 4.83. The highest BCUT2D eigenvalue weighted by Gasteiger charge is 2.30. The van der Waals surface area contributed by atoms with E-state index >= 15 is 0 Å². The summed E-state index contributed by atoms with van der Waals surface area (Å²) in [5.41, 5.74) is 0. The molecule has 0 spiro atoms. The number of halogens is 1. The molecule has 0 aromatic rings. The first-order valence-corrected chi connectivity index (χ1v) is 6.43. The van der Waals surface area contributed by atoms with Crippen LogP contribution in [-0.4, -0.2) is 59.7 Å². The molecule has 0 aromatic heterocycles. The highest BCUT2D eigenvalue weighted by atomic mass is 35.5. The van der Waals surface area contributed by atoms with Crippen LogP contribution in [0.25, 0.3) is 0 Å². The number of hydrogen-bond acceptors (Lipinski definition) is 4. The average Bonchev–Trinajstić information content (AvgIpc) is 2.67. The van der Waals surface area contributed by atoms with Crippen molar-refractivity contribution in [2.24, 2.45) is 0 Å². The lowest BCUT2D eigenvalue weighted by Crippen LogP contribution is -2.52. The van der Waals surface area contributed by atoms with Crippen molar-refractivity contribution < 1.29 is 14.4 Å². The van der Waals surface area contributed by atoms with Crippen molar-refractivity contribution in [3.05, 3.63) is 0 Å². The van der Waals surface area contributed by atoms with Gasteiger partial charge in [-0.25, -0.2) is 0 Å². The Labute approximate surface area is 118 Å². The van der Waals surface area contributed by atoms with Crippen LogP contribution in [0.4, 0.5) is 0 Å². The Hall–Kier alpha value is -1.14. The van der Waals surface area contributed by atoms with Gasteiger partial charge >= 0.3 is 0 Å². The van der Waals surface area contributed by atoms with Gasteiger partial charge in [0.2, 0.25) is 17.7 Å². The summed E-state index contributed by atoms with van der Waals surface area (Å²) in [6, 6.07) is 0.177. The zero-order chi connectivity index (χ0) is 13.1. The van der Waals surface area contributed by atoms with Gasteiger partial charge in [-0.1, -0.05) is 0 Å². The smallest absolute Gasteiger partial charge is 0.229 e. The monoisotopic (exact) mass is 289 g/mol. The van der Waals surface area contributed by atoms with E-state index in [1.54, 1.807) is 0 Å². The molecule has 19 heavy (non-hydrogen) atoms. The number of likely N-dealkylation sites (tertiary alicyclic amines) is 1. The molecule has 108 valence electrons. The number of rotatable bonds is 3. The van der Waals surface area contributed by atoms with Crippen molar-refractivity contribution in [3.8, 4) is 0 Å². The molecule has 0 aromatic carbocycles. The Balaban J connectivity index is 0.00000180. The number of amides is 3. The van der Waals surface area contributed by atoms with Gasteiger partial charge in [0.1, 0.15) is 0 Å². The minimum atomic E-state index is -0.152. The summed E-state index contributed by atoms with van der Waals surface area (Å²) >= 11 is 0. The molecular formula is C12H20ClN3O3. The molecule has 2 aliphatic heterocycles. The first-order chi connectivity index (χ1) is 8.59. The molecule has 2 aliphatic rings. The lowest BCUT2D eigenvalue weighted by molar-refractivity contribution is -0.140. The second kappa shape index (κ2) is 6.86. The van der Waals surface area contributed by atoms with Gasteiger partial charge < -0.3 is 10.2 Å². The zero-order valence-electron chi connectivity index (χ0n) is 11.1. The summed E-state index contributed by atoms with van der Waals surface area (Å²) in [7, 11) is 0. The van der Waals surface area contributed by atoms with E-state index < -0.39 is 0 Å². The van der Waals surface area contributed by atoms with Crippen LogP contribution in [0.1, 0.15) is 26.2 Å². The molecule has 2 fully saturated rings. The summed E-state index contributed by atoms with van der Waals surface area (Å²) in [4.78, 5) is 37.9. The standard InChI is InChI=1S/C12H19N3O3.ClH/c1-9-8-13-5-7-14(9)12(18)4-6-15-10(16)2-3-11(15)17;/h9,13H,2-8H2,1H3;1H. The molecular weight excluding hydrogens is 270 g/mol. The molecule has 1 N–H and O–H groups in total. The lowest BCUT2D eigenvalue weighted by atomic mass is 10.2. The Morgan fingerprint density at radius 1 is 1.32 bits per heavy atom. The van der Waals surface area contributed by atoms with E-state index in [0.29, 0.717) is 6.54 Å². The van der Waals surface area contributed by atoms with Crippen LogP contribution in [0, 0.1) is 0 Å². The quantitative estimate of drug-likeness (QED) is 0.729. The Kier molecular flexibility index (Phi) is 5.75. The van der Waals surface area contributed by atoms with E-state index in [4.69, 9.17) is 0 Å². The molecule has 2 saturated heterocycles. The van der Waals surface area contributed by atoms with Crippen molar-refractivity contribution in [1.82, 2.24) is 15.1 Å². The third-order valence-corrected chi connectivity index (χ3v) is 3.53. The predicted molar refractivity (Wildman–Crippen MR) is 71.9 cm³/mol. The highest BCUT2D eigenvalue weighted by Crippen LogP contribution is 2.13. The SMILES string of the molecule is CC1CNCCN1C(=O)CCN1C(=O)CCC1=O.Cl. The minimum Gasteiger partial charge on any atom is -0.337 e. The van der Waals surface area contributed by atoms with Gasteiger partial charge in [-0.2, -0.15) is 0 Å². The van der Waals surface area contributed by atoms with Gasteiger partial charge in [-0.3, -0.25) is 19.3 Å². The van der Waals surface area contributed by atoms with Gasteiger partial charge in [0, 0.05) is 51.5 Å². The Bertz CT molecular complexity index is 359. The summed E-state index contributed by atoms with van der Waals surface area (Å²) < 4.78 is 0. The Morgan fingerprint density at radius 3 is 2.53 bits per heavy atom. The van der Waals surface area contributed by atoms with Crippen LogP contribution in [-0.2, 0) is 14.4 Å². The molecule has 2 rings (SSSR count). The van der Waals surface area contributed by atoms with Crippen LogP contribution < -0.4 is 5.32 Å². The molecule has 3 amide bonds. The van der Waals surface area contributed by atoms with Gasteiger partial charge in [0.25, 0.3) is 0 Å². The third kappa shape index (κ3) is 3.67. The number of imide groups is 1. The maximum absolute atomic E-state index is 12.0. The molecule has 0 radical (unpaired) electrons. The molecule has 7 heteroatoms. The average molecular weight is 290 g/mol.